The quantitative estimate of drug-likeness (QED) is 0.491. The zero-order valence-electron chi connectivity index (χ0n) is 10.8. The van der Waals surface area contributed by atoms with Gasteiger partial charge in [0.15, 0.2) is 0 Å². The van der Waals surface area contributed by atoms with E-state index in [0.29, 0.717) is 6.04 Å². The van der Waals surface area contributed by atoms with Crippen molar-refractivity contribution in [2.45, 2.75) is 70.4 Å². The molecule has 16 heavy (non-hydrogen) atoms. The van der Waals surface area contributed by atoms with Crippen LogP contribution in [0.5, 0.6) is 0 Å². The van der Waals surface area contributed by atoms with Gasteiger partial charge in [-0.05, 0) is 32.2 Å². The summed E-state index contributed by atoms with van der Waals surface area (Å²) in [6, 6.07) is 1.52. The molecule has 0 bridgehead atoms. The maximum Gasteiger partial charge on any atom is 0.0207 e. The lowest BCUT2D eigenvalue weighted by molar-refractivity contribution is 0.448. The predicted octanol–water partition coefficient (Wildman–Crippen LogP) is 2.69. The first kappa shape index (κ1) is 12.4. The third-order valence-electron chi connectivity index (χ3n) is 4.14. The van der Waals surface area contributed by atoms with Crippen LogP contribution in [0.1, 0.15) is 58.3 Å². The maximum atomic E-state index is 3.64. The molecule has 2 fully saturated rings. The summed E-state index contributed by atoms with van der Waals surface area (Å²) in [5.41, 5.74) is 0. The molecule has 1 saturated heterocycles. The monoisotopic (exact) mass is 224 g/mol. The smallest absolute Gasteiger partial charge is 0.0207 e. The van der Waals surface area contributed by atoms with E-state index in [1.54, 1.807) is 0 Å². The Morgan fingerprint density at radius 1 is 1.25 bits per heavy atom. The predicted molar refractivity (Wildman–Crippen MR) is 69.7 cm³/mol. The second-order valence-electron chi connectivity index (χ2n) is 5.84. The van der Waals surface area contributed by atoms with Gasteiger partial charge in [-0.2, -0.15) is 0 Å². The molecule has 1 heterocycles. The van der Waals surface area contributed by atoms with Crippen molar-refractivity contribution in [2.75, 3.05) is 13.1 Å². The van der Waals surface area contributed by atoms with Crippen molar-refractivity contribution in [1.82, 2.24) is 10.6 Å². The molecule has 1 aliphatic heterocycles. The molecule has 2 rings (SSSR count). The fraction of sp³-hybridized carbons (Fsp3) is 1.00. The van der Waals surface area contributed by atoms with Gasteiger partial charge in [-0.3, -0.25) is 0 Å². The van der Waals surface area contributed by atoms with Crippen molar-refractivity contribution in [2.24, 2.45) is 5.92 Å². The van der Waals surface area contributed by atoms with Crippen molar-refractivity contribution in [3.8, 4) is 0 Å². The number of unbranched alkanes of at least 4 members (excludes halogenated alkanes) is 1. The Balaban J connectivity index is 1.39. The summed E-state index contributed by atoms with van der Waals surface area (Å²) in [6.07, 6.45) is 11.6. The molecule has 94 valence electrons. The number of rotatable bonds is 8. The van der Waals surface area contributed by atoms with Gasteiger partial charge in [0.2, 0.25) is 0 Å². The van der Waals surface area contributed by atoms with E-state index < -0.39 is 0 Å². The first-order valence-corrected chi connectivity index (χ1v) is 7.31. The Kier molecular flexibility index (Phi) is 5.11. The van der Waals surface area contributed by atoms with Gasteiger partial charge < -0.3 is 10.6 Å². The van der Waals surface area contributed by atoms with Gasteiger partial charge in [-0.1, -0.05) is 38.5 Å². The molecule has 2 unspecified atom stereocenters. The molecule has 0 spiro atoms. The van der Waals surface area contributed by atoms with Crippen LogP contribution in [0.4, 0.5) is 0 Å². The van der Waals surface area contributed by atoms with Crippen LogP contribution >= 0.6 is 0 Å². The van der Waals surface area contributed by atoms with E-state index in [2.05, 4.69) is 17.6 Å². The molecule has 0 aromatic rings. The molecule has 2 N–H and O–H groups in total. The second kappa shape index (κ2) is 6.61. The summed E-state index contributed by atoms with van der Waals surface area (Å²) in [5, 5.41) is 7.00. The van der Waals surface area contributed by atoms with Gasteiger partial charge in [0, 0.05) is 18.6 Å². The van der Waals surface area contributed by atoms with E-state index in [9.17, 15) is 0 Å². The van der Waals surface area contributed by atoms with Crippen molar-refractivity contribution >= 4 is 0 Å². The van der Waals surface area contributed by atoms with Gasteiger partial charge in [-0.15, -0.1) is 0 Å². The zero-order valence-corrected chi connectivity index (χ0v) is 10.8. The summed E-state index contributed by atoms with van der Waals surface area (Å²) in [4.78, 5) is 0. The molecule has 1 saturated carbocycles. The highest BCUT2D eigenvalue weighted by Crippen LogP contribution is 2.28. The van der Waals surface area contributed by atoms with Crippen molar-refractivity contribution < 1.29 is 0 Å². The third kappa shape index (κ3) is 4.84. The Bertz CT molecular complexity index is 183. The van der Waals surface area contributed by atoms with Crippen LogP contribution in [0.25, 0.3) is 0 Å². The van der Waals surface area contributed by atoms with Crippen LogP contribution in [-0.2, 0) is 0 Å². The second-order valence-corrected chi connectivity index (χ2v) is 5.84. The number of hydrogen-bond acceptors (Lipinski definition) is 2. The Morgan fingerprint density at radius 3 is 2.69 bits per heavy atom. The van der Waals surface area contributed by atoms with Crippen LogP contribution in [0.3, 0.4) is 0 Å². The highest BCUT2D eigenvalue weighted by atomic mass is 15.1. The van der Waals surface area contributed by atoms with E-state index in [-0.39, 0.29) is 0 Å². The standard InChI is InChI=1S/C14H28N2/c1-12(10-14-11-16-14)15-9-5-4-8-13-6-2-3-7-13/h12-16H,2-11H2,1H3. The molecular weight excluding hydrogens is 196 g/mol. The van der Waals surface area contributed by atoms with E-state index in [0.717, 1.165) is 12.0 Å². The minimum Gasteiger partial charge on any atom is -0.314 e. The largest absolute Gasteiger partial charge is 0.314 e. The van der Waals surface area contributed by atoms with Crippen LogP contribution < -0.4 is 10.6 Å². The van der Waals surface area contributed by atoms with Gasteiger partial charge >= 0.3 is 0 Å². The lowest BCUT2D eigenvalue weighted by Crippen LogP contribution is -2.28. The fourth-order valence-electron chi connectivity index (χ4n) is 2.97. The van der Waals surface area contributed by atoms with Crippen LogP contribution in [-0.4, -0.2) is 25.2 Å². The summed E-state index contributed by atoms with van der Waals surface area (Å²) in [6.45, 7) is 4.78. The first-order chi connectivity index (χ1) is 7.84. The van der Waals surface area contributed by atoms with Crippen LogP contribution in [0.15, 0.2) is 0 Å². The average molecular weight is 224 g/mol. The molecular formula is C14H28N2. The van der Waals surface area contributed by atoms with E-state index in [1.165, 1.54) is 64.5 Å². The SMILES string of the molecule is CC(CC1CN1)NCCCCC1CCCC1. The molecule has 2 nitrogen and oxygen atoms in total. The highest BCUT2D eigenvalue weighted by molar-refractivity contribution is 4.86. The summed E-state index contributed by atoms with van der Waals surface area (Å²) in [5.74, 6) is 1.08. The van der Waals surface area contributed by atoms with Gasteiger partial charge in [0.25, 0.3) is 0 Å². The van der Waals surface area contributed by atoms with Crippen LogP contribution in [0, 0.1) is 5.92 Å². The lowest BCUT2D eigenvalue weighted by atomic mass is 10.0. The summed E-state index contributed by atoms with van der Waals surface area (Å²) >= 11 is 0. The molecule has 0 radical (unpaired) electrons. The molecule has 0 aromatic carbocycles. The van der Waals surface area contributed by atoms with Crippen molar-refractivity contribution in [1.29, 1.82) is 0 Å². The minimum atomic E-state index is 0.700. The van der Waals surface area contributed by atoms with E-state index >= 15 is 0 Å². The molecule has 0 aromatic heterocycles. The topological polar surface area (TPSA) is 34.0 Å². The Labute approximate surface area is 101 Å². The van der Waals surface area contributed by atoms with E-state index in [4.69, 9.17) is 0 Å². The maximum absolute atomic E-state index is 3.64. The van der Waals surface area contributed by atoms with E-state index in [1.807, 2.05) is 0 Å². The molecule has 2 heteroatoms. The third-order valence-corrected chi connectivity index (χ3v) is 4.14. The number of nitrogens with one attached hydrogen (secondary N) is 2. The number of hydrogen-bond donors (Lipinski definition) is 2. The normalized spacial score (nSPS) is 27.2. The average Bonchev–Trinajstić information content (AvgIpc) is 2.93. The summed E-state index contributed by atoms with van der Waals surface area (Å²) in [7, 11) is 0. The van der Waals surface area contributed by atoms with Crippen molar-refractivity contribution in [3.05, 3.63) is 0 Å². The van der Waals surface area contributed by atoms with Gasteiger partial charge in [0.05, 0.1) is 0 Å². The van der Waals surface area contributed by atoms with Gasteiger partial charge in [-0.25, -0.2) is 0 Å². The molecule has 2 aliphatic rings. The zero-order chi connectivity index (χ0) is 11.2. The highest BCUT2D eigenvalue weighted by Gasteiger charge is 2.21. The summed E-state index contributed by atoms with van der Waals surface area (Å²) < 4.78 is 0. The first-order valence-electron chi connectivity index (χ1n) is 7.31. The molecule has 1 aliphatic carbocycles. The Morgan fingerprint density at radius 2 is 2.00 bits per heavy atom. The van der Waals surface area contributed by atoms with Crippen LogP contribution in [0.2, 0.25) is 0 Å². The molecule has 2 atom stereocenters. The minimum absolute atomic E-state index is 0.700. The lowest BCUT2D eigenvalue weighted by Gasteiger charge is -2.13. The van der Waals surface area contributed by atoms with Gasteiger partial charge in [0.1, 0.15) is 0 Å². The van der Waals surface area contributed by atoms with Crippen molar-refractivity contribution in [3.63, 3.8) is 0 Å². The Hall–Kier alpha value is -0.0800. The fourth-order valence-corrected chi connectivity index (χ4v) is 2.97. The molecule has 0 amide bonds.